The third kappa shape index (κ3) is 5.95. The van der Waals surface area contributed by atoms with Crippen LogP contribution in [0.3, 0.4) is 0 Å². The number of nitrogens with zero attached hydrogens (tertiary/aromatic N) is 2. The van der Waals surface area contributed by atoms with Gasteiger partial charge >= 0.3 is 0 Å². The zero-order valence-electron chi connectivity index (χ0n) is 20.9. The molecule has 1 aromatic heterocycles. The molecule has 1 saturated carbocycles. The van der Waals surface area contributed by atoms with Gasteiger partial charge in [0, 0.05) is 37.6 Å². The highest BCUT2D eigenvalue weighted by Crippen LogP contribution is 2.22. The van der Waals surface area contributed by atoms with Crippen LogP contribution in [-0.4, -0.2) is 47.0 Å². The second-order valence-electron chi connectivity index (χ2n) is 9.80. The fourth-order valence-electron chi connectivity index (χ4n) is 5.38. The molecule has 2 aromatic rings. The van der Waals surface area contributed by atoms with E-state index >= 15 is 0 Å². The van der Waals surface area contributed by atoms with Crippen molar-refractivity contribution in [2.45, 2.75) is 83.3 Å². The molecule has 1 saturated heterocycles. The average molecular weight is 480 g/mol. The monoisotopic (exact) mass is 479 g/mol. The molecule has 188 valence electrons. The Morgan fingerprint density at radius 1 is 1.03 bits per heavy atom. The van der Waals surface area contributed by atoms with Crippen molar-refractivity contribution >= 4 is 11.8 Å². The van der Waals surface area contributed by atoms with E-state index in [4.69, 9.17) is 4.74 Å². The molecule has 1 atom stereocenters. The Morgan fingerprint density at radius 2 is 1.77 bits per heavy atom. The quantitative estimate of drug-likeness (QED) is 0.639. The standard InChI is InChI=1S/C28H37N3O4/c1-3-22-13-7-8-15-31(22)28(34)25-19-30(17-20-10-9-14-23(16-20)35-2)18-24(26(25)32)27(33)29-21-11-5-4-6-12-21/h9-10,14,16,18-19,21-22H,3-8,11-13,15,17H2,1-2H3,(H,29,33)/t22-/m1/s1. The van der Waals surface area contributed by atoms with Crippen molar-refractivity contribution in [2.75, 3.05) is 13.7 Å². The summed E-state index contributed by atoms with van der Waals surface area (Å²) in [5.74, 6) is 0.0732. The van der Waals surface area contributed by atoms with Gasteiger partial charge in [-0.3, -0.25) is 14.4 Å². The number of pyridine rings is 1. The lowest BCUT2D eigenvalue weighted by Crippen LogP contribution is -2.46. The van der Waals surface area contributed by atoms with Crippen LogP contribution in [0.1, 0.15) is 91.0 Å². The van der Waals surface area contributed by atoms with Crippen LogP contribution in [0, 0.1) is 0 Å². The van der Waals surface area contributed by atoms with E-state index in [-0.39, 0.29) is 35.0 Å². The van der Waals surface area contributed by atoms with Crippen molar-refractivity contribution < 1.29 is 14.3 Å². The van der Waals surface area contributed by atoms with E-state index in [1.807, 2.05) is 29.2 Å². The number of nitrogens with one attached hydrogen (secondary N) is 1. The van der Waals surface area contributed by atoms with Crippen molar-refractivity contribution in [1.29, 1.82) is 0 Å². The van der Waals surface area contributed by atoms with Gasteiger partial charge < -0.3 is 19.5 Å². The van der Waals surface area contributed by atoms with Crippen LogP contribution in [0.25, 0.3) is 0 Å². The van der Waals surface area contributed by atoms with Crippen LogP contribution >= 0.6 is 0 Å². The maximum absolute atomic E-state index is 13.6. The van der Waals surface area contributed by atoms with E-state index < -0.39 is 5.43 Å². The van der Waals surface area contributed by atoms with Gasteiger partial charge in [-0.15, -0.1) is 0 Å². The lowest BCUT2D eigenvalue weighted by molar-refractivity contribution is 0.0605. The van der Waals surface area contributed by atoms with E-state index in [2.05, 4.69) is 12.2 Å². The first-order valence-electron chi connectivity index (χ1n) is 13.0. The first kappa shape index (κ1) is 25.0. The summed E-state index contributed by atoms with van der Waals surface area (Å²) in [5.41, 5.74) is 0.582. The summed E-state index contributed by atoms with van der Waals surface area (Å²) in [6.45, 7) is 3.13. The van der Waals surface area contributed by atoms with Gasteiger partial charge in [-0.25, -0.2) is 0 Å². The number of aromatic nitrogens is 1. The molecule has 35 heavy (non-hydrogen) atoms. The number of amides is 2. The minimum absolute atomic E-state index is 0.0365. The number of hydrogen-bond donors (Lipinski definition) is 1. The molecule has 1 aliphatic carbocycles. The van der Waals surface area contributed by atoms with Crippen molar-refractivity contribution in [1.82, 2.24) is 14.8 Å². The van der Waals surface area contributed by atoms with Crippen LogP contribution in [0.2, 0.25) is 0 Å². The predicted molar refractivity (Wildman–Crippen MR) is 136 cm³/mol. The smallest absolute Gasteiger partial charge is 0.259 e. The Kier molecular flexibility index (Phi) is 8.26. The highest BCUT2D eigenvalue weighted by atomic mass is 16.5. The first-order valence-corrected chi connectivity index (χ1v) is 13.0. The average Bonchev–Trinajstić information content (AvgIpc) is 2.89. The van der Waals surface area contributed by atoms with Gasteiger partial charge in [0.15, 0.2) is 0 Å². The van der Waals surface area contributed by atoms with Gasteiger partial charge in [0.1, 0.15) is 16.9 Å². The molecule has 7 nitrogen and oxygen atoms in total. The molecule has 0 radical (unpaired) electrons. The normalized spacial score (nSPS) is 18.8. The molecule has 2 fully saturated rings. The molecule has 7 heteroatoms. The topological polar surface area (TPSA) is 80.6 Å². The largest absolute Gasteiger partial charge is 0.497 e. The van der Waals surface area contributed by atoms with Gasteiger partial charge in [0.25, 0.3) is 11.8 Å². The number of carbonyl (C=O) groups excluding carboxylic acids is 2. The molecule has 1 N–H and O–H groups in total. The van der Waals surface area contributed by atoms with Gasteiger partial charge in [0.05, 0.1) is 7.11 Å². The number of methoxy groups -OCH3 is 1. The highest BCUT2D eigenvalue weighted by molar-refractivity contribution is 5.99. The van der Waals surface area contributed by atoms with Gasteiger partial charge in [0.2, 0.25) is 5.43 Å². The lowest BCUT2D eigenvalue weighted by atomic mass is 9.95. The number of rotatable bonds is 7. The van der Waals surface area contributed by atoms with Crippen LogP contribution in [0.15, 0.2) is 41.5 Å². The van der Waals surface area contributed by atoms with Gasteiger partial charge in [-0.1, -0.05) is 38.3 Å². The summed E-state index contributed by atoms with van der Waals surface area (Å²) in [6, 6.07) is 7.85. The summed E-state index contributed by atoms with van der Waals surface area (Å²) in [6.07, 6.45) is 12.2. The van der Waals surface area contributed by atoms with Crippen LogP contribution < -0.4 is 15.5 Å². The Labute approximate surface area is 207 Å². The Balaban J connectivity index is 1.69. The molecule has 2 aliphatic rings. The molecular weight excluding hydrogens is 442 g/mol. The van der Waals surface area contributed by atoms with Crippen molar-refractivity contribution in [3.63, 3.8) is 0 Å². The molecule has 4 rings (SSSR count). The zero-order chi connectivity index (χ0) is 24.8. The van der Waals surface area contributed by atoms with Crippen molar-refractivity contribution in [3.05, 3.63) is 63.6 Å². The Bertz CT molecular complexity index is 1100. The Morgan fingerprint density at radius 3 is 2.51 bits per heavy atom. The van der Waals surface area contributed by atoms with E-state index in [9.17, 15) is 14.4 Å². The number of likely N-dealkylation sites (tertiary alicyclic amines) is 1. The van der Waals surface area contributed by atoms with Crippen molar-refractivity contribution in [2.24, 2.45) is 0 Å². The van der Waals surface area contributed by atoms with Crippen LogP contribution in [0.5, 0.6) is 5.75 Å². The molecule has 1 aliphatic heterocycles. The lowest BCUT2D eigenvalue weighted by Gasteiger charge is -2.35. The Hall–Kier alpha value is -3.09. The van der Waals surface area contributed by atoms with Crippen molar-refractivity contribution in [3.8, 4) is 5.75 Å². The minimum atomic E-state index is -0.481. The summed E-state index contributed by atoms with van der Waals surface area (Å²) in [7, 11) is 1.62. The maximum Gasteiger partial charge on any atom is 0.259 e. The maximum atomic E-state index is 13.6. The van der Waals surface area contributed by atoms with E-state index in [1.165, 1.54) is 6.42 Å². The summed E-state index contributed by atoms with van der Waals surface area (Å²) in [4.78, 5) is 42.2. The number of hydrogen-bond acceptors (Lipinski definition) is 4. The third-order valence-corrected chi connectivity index (χ3v) is 7.35. The summed E-state index contributed by atoms with van der Waals surface area (Å²) >= 11 is 0. The van der Waals surface area contributed by atoms with Crippen LogP contribution in [-0.2, 0) is 6.54 Å². The van der Waals surface area contributed by atoms with Gasteiger partial charge in [-0.05, 0) is 56.2 Å². The fraction of sp³-hybridized carbons (Fsp3) is 0.536. The second kappa shape index (κ2) is 11.6. The van der Waals surface area contributed by atoms with E-state index in [0.29, 0.717) is 13.1 Å². The molecule has 0 unspecified atom stereocenters. The fourth-order valence-corrected chi connectivity index (χ4v) is 5.38. The second-order valence-corrected chi connectivity index (χ2v) is 9.80. The highest BCUT2D eigenvalue weighted by Gasteiger charge is 2.30. The molecule has 2 heterocycles. The predicted octanol–water partition coefficient (Wildman–Crippen LogP) is 4.37. The molecular formula is C28H37N3O4. The third-order valence-electron chi connectivity index (χ3n) is 7.35. The molecule has 1 aromatic carbocycles. The van der Waals surface area contributed by atoms with Gasteiger partial charge in [-0.2, -0.15) is 0 Å². The number of carbonyl (C=O) groups is 2. The number of benzene rings is 1. The molecule has 2 amide bonds. The molecule has 0 spiro atoms. The zero-order valence-corrected chi connectivity index (χ0v) is 20.9. The first-order chi connectivity index (χ1) is 17.0. The molecule has 0 bridgehead atoms. The summed E-state index contributed by atoms with van der Waals surface area (Å²) < 4.78 is 7.12. The number of piperidine rings is 1. The summed E-state index contributed by atoms with van der Waals surface area (Å²) in [5, 5.41) is 3.05. The minimum Gasteiger partial charge on any atom is -0.497 e. The van der Waals surface area contributed by atoms with Crippen LogP contribution in [0.4, 0.5) is 0 Å². The number of ether oxygens (including phenoxy) is 1. The SMILES string of the molecule is CC[C@@H]1CCCCN1C(=O)c1cn(Cc2cccc(OC)c2)cc(C(=O)NC2CCCCC2)c1=O. The van der Waals surface area contributed by atoms with E-state index in [0.717, 1.165) is 62.7 Å². The van der Waals surface area contributed by atoms with E-state index in [1.54, 1.807) is 24.1 Å².